The molecule has 79 heavy (non-hydrogen) atoms. The van der Waals surface area contributed by atoms with Crippen LogP contribution in [-0.2, 0) is 72.9 Å². The first-order chi connectivity index (χ1) is 38.6. The minimum atomic E-state index is -1.000. The summed E-state index contributed by atoms with van der Waals surface area (Å²) < 4.78 is 66.8. The number of nitrogens with zero attached hydrogens (tertiary/aromatic N) is 7. The lowest BCUT2D eigenvalue weighted by Crippen LogP contribution is -2.49. The monoisotopic (exact) mass is 1120 g/mol. The van der Waals surface area contributed by atoms with Gasteiger partial charge >= 0.3 is 17.9 Å². The van der Waals surface area contributed by atoms with Gasteiger partial charge in [-0.25, -0.2) is 0 Å². The Hall–Kier alpha value is -5.17. The zero-order chi connectivity index (χ0) is 56.2. The Morgan fingerprint density at radius 1 is 0.481 bits per heavy atom. The number of nitrogens with one attached hydrogen (secondary N) is 1. The Balaban J connectivity index is 0.823. The van der Waals surface area contributed by atoms with Crippen LogP contribution in [0, 0.1) is 6.92 Å². The molecule has 1 aliphatic heterocycles. The lowest BCUT2D eigenvalue weighted by atomic mass is 10.0. The summed E-state index contributed by atoms with van der Waals surface area (Å²) >= 11 is 0. The first kappa shape index (κ1) is 66.3. The summed E-state index contributed by atoms with van der Waals surface area (Å²) in [6.07, 6.45) is 1.30. The number of aromatic nitrogens is 4. The number of carboxylic acids is 3. The molecule has 2 heterocycles. The number of carboxylic acid groups (broad SMARTS) is 3. The van der Waals surface area contributed by atoms with Crippen molar-refractivity contribution in [1.29, 1.82) is 0 Å². The van der Waals surface area contributed by atoms with Crippen molar-refractivity contribution in [2.24, 2.45) is 0 Å². The average Bonchev–Trinajstić information content (AvgIpc) is 3.51. The number of aliphatic carboxylic acids is 3. The van der Waals surface area contributed by atoms with Gasteiger partial charge in [-0.15, -0.1) is 20.4 Å². The van der Waals surface area contributed by atoms with Crippen molar-refractivity contribution < 1.29 is 86.5 Å². The third-order valence-electron chi connectivity index (χ3n) is 11.6. The number of hydrogen-bond acceptors (Lipinski definition) is 23. The molecule has 0 spiro atoms. The summed E-state index contributed by atoms with van der Waals surface area (Å²) in [6.45, 7) is 14.3. The summed E-state index contributed by atoms with van der Waals surface area (Å²) in [5.41, 5.74) is 2.72. The fourth-order valence-corrected chi connectivity index (χ4v) is 7.66. The van der Waals surface area contributed by atoms with Gasteiger partial charge < -0.3 is 77.5 Å². The van der Waals surface area contributed by atoms with E-state index in [9.17, 15) is 29.7 Å². The topological polar surface area (TPSA) is 296 Å². The van der Waals surface area contributed by atoms with Crippen LogP contribution in [0.25, 0.3) is 11.4 Å². The fourth-order valence-electron chi connectivity index (χ4n) is 7.66. The molecule has 444 valence electrons. The molecule has 0 aliphatic carbocycles. The van der Waals surface area contributed by atoms with E-state index in [0.29, 0.717) is 209 Å². The summed E-state index contributed by atoms with van der Waals surface area (Å²) in [6, 6.07) is 15.0. The van der Waals surface area contributed by atoms with Crippen molar-refractivity contribution in [3.05, 3.63) is 59.9 Å². The second-order valence-electron chi connectivity index (χ2n) is 17.9. The first-order valence-electron chi connectivity index (χ1n) is 26.9. The third kappa shape index (κ3) is 33.9. The van der Waals surface area contributed by atoms with Gasteiger partial charge in [0.25, 0.3) is 0 Å². The smallest absolute Gasteiger partial charge is 0.317 e. The highest BCUT2D eigenvalue weighted by atomic mass is 16.6. The number of rotatable bonds is 48. The first-order valence-corrected chi connectivity index (χ1v) is 26.9. The zero-order valence-electron chi connectivity index (χ0n) is 45.8. The molecule has 2 aromatic carbocycles. The summed E-state index contributed by atoms with van der Waals surface area (Å²) in [5.74, 6) is -1.28. The van der Waals surface area contributed by atoms with Crippen LogP contribution in [0.4, 0.5) is 5.69 Å². The van der Waals surface area contributed by atoms with E-state index in [1.807, 2.05) is 48.5 Å². The van der Waals surface area contributed by atoms with E-state index in [1.165, 1.54) is 0 Å². The number of aryl methyl sites for hydroxylation is 1. The van der Waals surface area contributed by atoms with Crippen LogP contribution >= 0.6 is 0 Å². The Morgan fingerprint density at radius 2 is 0.873 bits per heavy atom. The van der Waals surface area contributed by atoms with E-state index in [-0.39, 0.29) is 25.7 Å². The quantitative estimate of drug-likeness (QED) is 0.0581. The zero-order valence-corrected chi connectivity index (χ0v) is 45.8. The Labute approximate surface area is 463 Å². The molecule has 4 rings (SSSR count). The van der Waals surface area contributed by atoms with Crippen molar-refractivity contribution in [3.8, 4) is 17.1 Å². The molecule has 1 aliphatic rings. The fraction of sp³-hybridized carbons (Fsp3) is 0.679. The lowest BCUT2D eigenvalue weighted by molar-refractivity contribution is -0.140. The maximum Gasteiger partial charge on any atom is 0.317 e. The second kappa shape index (κ2) is 43.6. The molecule has 0 saturated carbocycles. The van der Waals surface area contributed by atoms with E-state index in [0.717, 1.165) is 29.0 Å². The highest BCUT2D eigenvalue weighted by Gasteiger charge is 2.28. The van der Waals surface area contributed by atoms with Crippen LogP contribution < -0.4 is 10.1 Å². The standard InChI is InChI=1S/C53H84N8O18/c1-44-55-57-53(58-56-44)46-5-9-49(10-6-46)79-38-37-78-36-35-77-34-33-76-32-31-75-30-29-74-28-27-73-26-25-72-24-23-71-22-21-70-20-19-69-18-17-68-16-2-11-54-47-7-3-45(4-8-47)39-48-40-60(42-51(64)65)13-12-59(41-50(62)63)14-15-61(48)43-52(66)67/h3-10,48,54H,2,11-43H2,1H3,(H,62,63)(H,64,65)(H,66,67). The van der Waals surface area contributed by atoms with Gasteiger partial charge in [0.05, 0.1) is 158 Å². The predicted molar refractivity (Wildman–Crippen MR) is 287 cm³/mol. The number of carbonyl (C=O) groups is 3. The Kier molecular flexibility index (Phi) is 36.6. The van der Waals surface area contributed by atoms with Crippen LogP contribution in [0.2, 0.25) is 0 Å². The molecule has 3 aromatic rings. The maximum absolute atomic E-state index is 11.8. The molecule has 0 amide bonds. The number of benzene rings is 2. The highest BCUT2D eigenvalue weighted by Crippen LogP contribution is 2.19. The van der Waals surface area contributed by atoms with Gasteiger partial charge in [-0.2, -0.15) is 0 Å². The normalized spacial score (nSPS) is 14.7. The lowest BCUT2D eigenvalue weighted by Gasteiger charge is -2.33. The Bertz CT molecular complexity index is 2020. The van der Waals surface area contributed by atoms with E-state index >= 15 is 0 Å². The molecule has 1 saturated heterocycles. The second-order valence-corrected chi connectivity index (χ2v) is 17.9. The van der Waals surface area contributed by atoms with Crippen molar-refractivity contribution in [2.75, 3.05) is 216 Å². The molecule has 1 unspecified atom stereocenters. The molecule has 0 radical (unpaired) electrons. The van der Waals surface area contributed by atoms with E-state index < -0.39 is 17.9 Å². The predicted octanol–water partition coefficient (Wildman–Crippen LogP) is 1.39. The SMILES string of the molecule is Cc1nnc(-c2ccc(OCCOCCOCCOCCOCCOCCOCCOCCOCCOCCOCCOCCCNc3ccc(CC4CN(CC(=O)O)CCN(CC(=O)O)CCN4CC(=O)O)cc3)cc2)nn1. The van der Waals surface area contributed by atoms with E-state index in [1.54, 1.807) is 21.6 Å². The van der Waals surface area contributed by atoms with Gasteiger partial charge in [0.2, 0.25) is 5.82 Å². The van der Waals surface area contributed by atoms with Crippen LogP contribution in [0.15, 0.2) is 48.5 Å². The molecule has 4 N–H and O–H groups in total. The van der Waals surface area contributed by atoms with E-state index in [4.69, 9.17) is 56.8 Å². The highest BCUT2D eigenvalue weighted by molar-refractivity contribution is 5.70. The summed E-state index contributed by atoms with van der Waals surface area (Å²) in [4.78, 5) is 40.1. The minimum Gasteiger partial charge on any atom is -0.491 e. The Morgan fingerprint density at radius 3 is 1.32 bits per heavy atom. The van der Waals surface area contributed by atoms with Crippen molar-refractivity contribution in [3.63, 3.8) is 0 Å². The van der Waals surface area contributed by atoms with Crippen LogP contribution in [0.1, 0.15) is 17.8 Å². The third-order valence-corrected chi connectivity index (χ3v) is 11.6. The van der Waals surface area contributed by atoms with Crippen molar-refractivity contribution in [2.45, 2.75) is 25.8 Å². The molecule has 0 bridgehead atoms. The van der Waals surface area contributed by atoms with Gasteiger partial charge in [0.15, 0.2) is 5.82 Å². The molecular formula is C53H84N8O18. The number of anilines is 1. The van der Waals surface area contributed by atoms with Gasteiger partial charge in [0, 0.05) is 63.2 Å². The van der Waals surface area contributed by atoms with Crippen molar-refractivity contribution >= 4 is 23.6 Å². The maximum atomic E-state index is 11.8. The van der Waals surface area contributed by atoms with E-state index in [2.05, 4.69) is 25.7 Å². The summed E-state index contributed by atoms with van der Waals surface area (Å²) in [7, 11) is 0. The van der Waals surface area contributed by atoms with Crippen LogP contribution in [0.3, 0.4) is 0 Å². The molecule has 26 heteroatoms. The molecular weight excluding hydrogens is 1040 g/mol. The average molecular weight is 1120 g/mol. The molecule has 26 nitrogen and oxygen atoms in total. The van der Waals surface area contributed by atoms with Gasteiger partial charge in [-0.1, -0.05) is 12.1 Å². The van der Waals surface area contributed by atoms with Crippen molar-refractivity contribution in [1.82, 2.24) is 35.1 Å². The molecule has 1 aromatic heterocycles. The molecule has 1 fully saturated rings. The minimum absolute atomic E-state index is 0.201. The number of ether oxygens (including phenoxy) is 12. The van der Waals surface area contributed by atoms with Gasteiger partial charge in [-0.05, 0) is 61.7 Å². The largest absolute Gasteiger partial charge is 0.491 e. The summed E-state index contributed by atoms with van der Waals surface area (Å²) in [5, 5.41) is 47.8. The van der Waals surface area contributed by atoms with Gasteiger partial charge in [0.1, 0.15) is 12.4 Å². The van der Waals surface area contributed by atoms with Crippen LogP contribution in [-0.4, -0.2) is 285 Å². The molecule has 1 atom stereocenters. The van der Waals surface area contributed by atoms with Crippen LogP contribution in [0.5, 0.6) is 5.75 Å². The van der Waals surface area contributed by atoms with Gasteiger partial charge in [-0.3, -0.25) is 29.1 Å². The number of hydrogen-bond donors (Lipinski definition) is 4.